The third-order valence-corrected chi connectivity index (χ3v) is 3.32. The van der Waals surface area contributed by atoms with Gasteiger partial charge in [0.05, 0.1) is 12.7 Å². The number of amides is 1. The first-order chi connectivity index (χ1) is 9.02. The Balaban J connectivity index is 2.37. The summed E-state index contributed by atoms with van der Waals surface area (Å²) in [6, 6.07) is 0. The van der Waals surface area contributed by atoms with Crippen molar-refractivity contribution in [3.05, 3.63) is 12.3 Å². The van der Waals surface area contributed by atoms with Gasteiger partial charge < -0.3 is 24.8 Å². The Kier molecular flexibility index (Phi) is 7.33. The van der Waals surface area contributed by atoms with Gasteiger partial charge in [-0.2, -0.15) is 4.99 Å². The first kappa shape index (κ1) is 16.4. The van der Waals surface area contributed by atoms with Crippen LogP contribution < -0.4 is 5.73 Å². The van der Waals surface area contributed by atoms with Crippen LogP contribution in [0.5, 0.6) is 0 Å². The van der Waals surface area contributed by atoms with E-state index in [4.69, 9.17) is 19.9 Å². The Morgan fingerprint density at radius 3 is 3.11 bits per heavy atom. The van der Waals surface area contributed by atoms with Gasteiger partial charge in [-0.25, -0.2) is 0 Å². The Bertz CT molecular complexity index is 354. The average molecular weight is 307 g/mol. The highest BCUT2D eigenvalue weighted by Gasteiger charge is 2.27. The molecule has 3 unspecified atom stereocenters. The summed E-state index contributed by atoms with van der Waals surface area (Å²) in [6.07, 6.45) is 5.18. The fraction of sp³-hybridized carbons (Fsp3) is 0.600. The summed E-state index contributed by atoms with van der Waals surface area (Å²) < 4.78 is 10.8. The van der Waals surface area contributed by atoms with Crippen molar-refractivity contribution in [3.63, 3.8) is 0 Å². The van der Waals surface area contributed by atoms with Gasteiger partial charge in [-0.1, -0.05) is 12.2 Å². The molecule has 0 aliphatic carbocycles. The third-order valence-electron chi connectivity index (χ3n) is 2.60. The molecule has 1 aliphatic rings. The molecule has 7 nitrogen and oxygen atoms in total. The monoisotopic (exact) mass is 307 g/mol. The predicted octanol–water partition coefficient (Wildman–Crippen LogP) is 0.616. The summed E-state index contributed by atoms with van der Waals surface area (Å²) >= 11 is 3.78. The van der Waals surface area contributed by atoms with Gasteiger partial charge in [0.1, 0.15) is 12.1 Å². The highest BCUT2D eigenvalue weighted by molar-refractivity contribution is 8.41. The van der Waals surface area contributed by atoms with Crippen LogP contribution in [-0.2, 0) is 14.1 Å². The quantitative estimate of drug-likeness (QED) is 0.210. The second kappa shape index (κ2) is 8.50. The normalized spacial score (nSPS) is 25.7. The minimum absolute atomic E-state index is 0.0499. The smallest absolute Gasteiger partial charge is 0.234 e. The summed E-state index contributed by atoms with van der Waals surface area (Å²) in [6.45, 7) is 0.328. The van der Waals surface area contributed by atoms with Crippen LogP contribution in [0, 0.1) is 0 Å². The van der Waals surface area contributed by atoms with E-state index < -0.39 is 7.58 Å². The molecule has 0 aromatic rings. The lowest BCUT2D eigenvalue weighted by atomic mass is 10.2. The SMILES string of the molecule is CN(/C=C\C(N)=NC=O)C1CCC(COP(O)S)O1. The Labute approximate surface area is 118 Å². The minimum Gasteiger partial charge on any atom is -0.384 e. The van der Waals surface area contributed by atoms with Crippen molar-refractivity contribution in [2.24, 2.45) is 10.7 Å². The lowest BCUT2D eigenvalue weighted by molar-refractivity contribution is -0.106. The van der Waals surface area contributed by atoms with Gasteiger partial charge in [0, 0.05) is 13.2 Å². The van der Waals surface area contributed by atoms with Crippen LogP contribution in [0.1, 0.15) is 12.8 Å². The van der Waals surface area contributed by atoms with E-state index in [1.807, 2.05) is 11.9 Å². The average Bonchev–Trinajstić information content (AvgIpc) is 2.82. The van der Waals surface area contributed by atoms with Gasteiger partial charge in [0.2, 0.25) is 14.0 Å². The minimum atomic E-state index is -1.64. The van der Waals surface area contributed by atoms with Gasteiger partial charge in [-0.15, -0.1) is 0 Å². The molecule has 9 heteroatoms. The lowest BCUT2D eigenvalue weighted by Crippen LogP contribution is -2.28. The van der Waals surface area contributed by atoms with Crippen molar-refractivity contribution < 1.29 is 18.9 Å². The molecule has 0 saturated carbocycles. The Hall–Kier alpha value is -0.660. The van der Waals surface area contributed by atoms with E-state index in [1.165, 1.54) is 6.08 Å². The summed E-state index contributed by atoms with van der Waals surface area (Å²) in [4.78, 5) is 24.3. The number of ether oxygens (including phenoxy) is 1. The molecule has 0 spiro atoms. The standard InChI is InChI=1S/C10H18N3O4PS/c1-13(5-4-9(11)12-7-14)10-3-2-8(17-10)6-16-18(15)19/h4-5,7-8,10,15,19H,2-3,6H2,1H3,(H2,11,12,14)/b5-4-. The van der Waals surface area contributed by atoms with Gasteiger partial charge in [-0.05, 0) is 18.9 Å². The molecular formula is C10H18N3O4PS. The number of rotatable bonds is 7. The van der Waals surface area contributed by atoms with Crippen LogP contribution >= 0.6 is 19.8 Å². The lowest BCUT2D eigenvalue weighted by Gasteiger charge is -2.22. The summed E-state index contributed by atoms with van der Waals surface area (Å²) in [5.74, 6) is 0.140. The molecule has 19 heavy (non-hydrogen) atoms. The van der Waals surface area contributed by atoms with Gasteiger partial charge in [-0.3, -0.25) is 4.79 Å². The molecule has 3 atom stereocenters. The van der Waals surface area contributed by atoms with E-state index in [9.17, 15) is 4.79 Å². The number of hydrogen-bond donors (Lipinski definition) is 3. The van der Waals surface area contributed by atoms with Crippen LogP contribution in [0.4, 0.5) is 0 Å². The summed E-state index contributed by atoms with van der Waals surface area (Å²) in [7, 11) is 0.199. The van der Waals surface area contributed by atoms with Crippen molar-refractivity contribution in [1.29, 1.82) is 0 Å². The number of nitrogens with zero attached hydrogens (tertiary/aromatic N) is 2. The zero-order chi connectivity index (χ0) is 14.3. The van der Waals surface area contributed by atoms with Crippen LogP contribution in [0.3, 0.4) is 0 Å². The van der Waals surface area contributed by atoms with Crippen molar-refractivity contribution in [2.75, 3.05) is 13.7 Å². The first-order valence-electron chi connectivity index (χ1n) is 5.66. The topological polar surface area (TPSA) is 97.4 Å². The van der Waals surface area contributed by atoms with E-state index in [2.05, 4.69) is 17.2 Å². The van der Waals surface area contributed by atoms with E-state index in [-0.39, 0.29) is 18.2 Å². The summed E-state index contributed by atoms with van der Waals surface area (Å²) in [5.41, 5.74) is 5.45. The number of carbonyl (C=O) groups is 1. The Morgan fingerprint density at radius 1 is 1.74 bits per heavy atom. The largest absolute Gasteiger partial charge is 0.384 e. The second-order valence-corrected chi connectivity index (χ2v) is 5.77. The second-order valence-electron chi connectivity index (χ2n) is 3.98. The number of carbonyl (C=O) groups excluding carboxylic acids is 1. The molecule has 1 saturated heterocycles. The van der Waals surface area contributed by atoms with Gasteiger partial charge in [0.15, 0.2) is 0 Å². The molecule has 0 aromatic heterocycles. The molecule has 1 aliphatic heterocycles. The van der Waals surface area contributed by atoms with Crippen LogP contribution in [-0.4, -0.2) is 48.0 Å². The number of hydrogen-bond acceptors (Lipinski definition) is 6. The van der Waals surface area contributed by atoms with E-state index in [0.717, 1.165) is 12.8 Å². The van der Waals surface area contributed by atoms with Gasteiger partial charge in [0.25, 0.3) is 0 Å². The summed E-state index contributed by atoms with van der Waals surface area (Å²) in [5, 5.41) is 0. The zero-order valence-corrected chi connectivity index (χ0v) is 12.3. The molecule has 1 heterocycles. The molecular weight excluding hydrogens is 289 g/mol. The van der Waals surface area contributed by atoms with Crippen molar-refractivity contribution in [1.82, 2.24) is 4.90 Å². The number of thiol groups is 1. The van der Waals surface area contributed by atoms with Crippen LogP contribution in [0.2, 0.25) is 0 Å². The highest BCUT2D eigenvalue weighted by atomic mass is 32.7. The first-order valence-corrected chi connectivity index (χ1v) is 8.02. The zero-order valence-electron chi connectivity index (χ0n) is 10.5. The van der Waals surface area contributed by atoms with Crippen molar-refractivity contribution >= 4 is 32.1 Å². The highest BCUT2D eigenvalue weighted by Crippen LogP contribution is 2.37. The Morgan fingerprint density at radius 2 is 2.47 bits per heavy atom. The molecule has 1 fully saturated rings. The molecule has 1 rings (SSSR count). The van der Waals surface area contributed by atoms with Gasteiger partial charge >= 0.3 is 0 Å². The number of amidine groups is 1. The third kappa shape index (κ3) is 6.35. The van der Waals surface area contributed by atoms with E-state index in [1.54, 1.807) is 6.20 Å². The molecule has 0 radical (unpaired) electrons. The molecule has 0 aromatic carbocycles. The van der Waals surface area contributed by atoms with Crippen molar-refractivity contribution in [3.8, 4) is 0 Å². The maximum atomic E-state index is 10.1. The fourth-order valence-corrected chi connectivity index (χ4v) is 2.15. The van der Waals surface area contributed by atoms with Crippen molar-refractivity contribution in [2.45, 2.75) is 25.2 Å². The maximum absolute atomic E-state index is 10.1. The molecule has 108 valence electrons. The predicted molar refractivity (Wildman–Crippen MR) is 76.6 cm³/mol. The maximum Gasteiger partial charge on any atom is 0.234 e. The van der Waals surface area contributed by atoms with Crippen LogP contribution in [0.15, 0.2) is 17.3 Å². The molecule has 0 bridgehead atoms. The van der Waals surface area contributed by atoms with Crippen LogP contribution in [0.25, 0.3) is 0 Å². The number of aliphatic imine (C=N–C) groups is 1. The van der Waals surface area contributed by atoms with E-state index >= 15 is 0 Å². The molecule has 3 N–H and O–H groups in total. The number of nitrogens with two attached hydrogens (primary N) is 1. The van der Waals surface area contributed by atoms with E-state index in [0.29, 0.717) is 13.0 Å². The molecule has 1 amide bonds. The fourth-order valence-electron chi connectivity index (χ4n) is 1.65.